The highest BCUT2D eigenvalue weighted by molar-refractivity contribution is 14.0. The lowest BCUT2D eigenvalue weighted by molar-refractivity contribution is 0.415. The molecule has 2 aromatic rings. The van der Waals surface area contributed by atoms with Crippen molar-refractivity contribution in [3.05, 3.63) is 57.5 Å². The first-order chi connectivity index (χ1) is 11.0. The first-order valence-electron chi connectivity index (χ1n) is 7.14. The predicted molar refractivity (Wildman–Crippen MR) is 109 cm³/mol. The molecule has 0 spiro atoms. The predicted octanol–water partition coefficient (Wildman–Crippen LogP) is 3.08. The molecule has 0 bridgehead atoms. The van der Waals surface area contributed by atoms with Crippen LogP contribution < -0.4 is 21.3 Å². The van der Waals surface area contributed by atoms with E-state index in [-0.39, 0.29) is 42.0 Å². The number of anilines is 1. The Morgan fingerprint density at radius 3 is 2.79 bits per heavy atom. The molecule has 6 nitrogen and oxygen atoms in total. The summed E-state index contributed by atoms with van der Waals surface area (Å²) in [5.74, 6) is 0.787. The van der Waals surface area contributed by atoms with Crippen molar-refractivity contribution >= 4 is 47.2 Å². The number of rotatable bonds is 5. The van der Waals surface area contributed by atoms with Crippen LogP contribution in [0.4, 0.5) is 5.69 Å². The number of pyridine rings is 1. The fourth-order valence-corrected chi connectivity index (χ4v) is 2.32. The molecular weight excluding hydrogens is 443 g/mol. The summed E-state index contributed by atoms with van der Waals surface area (Å²) in [5.41, 5.74) is 7.07. The molecule has 0 aliphatic rings. The standard InChI is InChI=1S/C16H19ClN4O2.HI/c1-3-21-8-4-5-11(15(21)22)10-19-16(18)20-12-6-7-14(23-2)13(17)9-12;/h4-9H,3,10H2,1-2H3,(H3,18,19,20);1H. The van der Waals surface area contributed by atoms with E-state index >= 15 is 0 Å². The van der Waals surface area contributed by atoms with Gasteiger partial charge in [0.15, 0.2) is 5.96 Å². The summed E-state index contributed by atoms with van der Waals surface area (Å²) in [4.78, 5) is 16.3. The number of benzene rings is 1. The van der Waals surface area contributed by atoms with E-state index in [2.05, 4.69) is 10.3 Å². The van der Waals surface area contributed by atoms with Crippen LogP contribution >= 0.6 is 35.6 Å². The van der Waals surface area contributed by atoms with Gasteiger partial charge in [-0.3, -0.25) is 4.79 Å². The highest BCUT2D eigenvalue weighted by Crippen LogP contribution is 2.26. The number of nitrogens with two attached hydrogens (primary N) is 1. The third-order valence-electron chi connectivity index (χ3n) is 3.28. The van der Waals surface area contributed by atoms with Gasteiger partial charge in [-0.15, -0.1) is 24.0 Å². The zero-order chi connectivity index (χ0) is 16.8. The summed E-state index contributed by atoms with van der Waals surface area (Å²) in [5, 5.41) is 3.40. The number of aliphatic imine (C=N–C) groups is 1. The SMILES string of the molecule is CCn1cccc(CN=C(N)Nc2ccc(OC)c(Cl)c2)c1=O.I. The number of nitrogens with one attached hydrogen (secondary N) is 1. The smallest absolute Gasteiger partial charge is 0.255 e. The Morgan fingerprint density at radius 1 is 1.42 bits per heavy atom. The van der Waals surface area contributed by atoms with E-state index in [1.807, 2.05) is 13.0 Å². The minimum absolute atomic E-state index is 0. The number of halogens is 2. The monoisotopic (exact) mass is 462 g/mol. The Morgan fingerprint density at radius 2 is 2.17 bits per heavy atom. The second-order valence-corrected chi connectivity index (χ2v) is 5.21. The topological polar surface area (TPSA) is 81.6 Å². The molecule has 0 saturated heterocycles. The van der Waals surface area contributed by atoms with Crippen molar-refractivity contribution in [2.75, 3.05) is 12.4 Å². The Balaban J connectivity index is 0.00000288. The van der Waals surface area contributed by atoms with Gasteiger partial charge in [-0.25, -0.2) is 4.99 Å². The van der Waals surface area contributed by atoms with Crippen LogP contribution in [0.5, 0.6) is 5.75 Å². The van der Waals surface area contributed by atoms with Gasteiger partial charge in [0, 0.05) is 24.0 Å². The highest BCUT2D eigenvalue weighted by Gasteiger charge is 2.04. The molecule has 0 aliphatic carbocycles. The van der Waals surface area contributed by atoms with Crippen molar-refractivity contribution in [3.63, 3.8) is 0 Å². The van der Waals surface area contributed by atoms with Gasteiger partial charge in [0.2, 0.25) is 0 Å². The van der Waals surface area contributed by atoms with Crippen molar-refractivity contribution in [2.45, 2.75) is 20.0 Å². The summed E-state index contributed by atoms with van der Waals surface area (Å²) >= 11 is 6.05. The molecule has 1 heterocycles. The van der Waals surface area contributed by atoms with E-state index in [0.29, 0.717) is 28.6 Å². The number of guanidine groups is 1. The minimum Gasteiger partial charge on any atom is -0.495 e. The number of aromatic nitrogens is 1. The lowest BCUT2D eigenvalue weighted by Crippen LogP contribution is -2.25. The van der Waals surface area contributed by atoms with Crippen molar-refractivity contribution in [3.8, 4) is 5.75 Å². The molecule has 0 aliphatic heterocycles. The van der Waals surface area contributed by atoms with Crippen LogP contribution in [0.25, 0.3) is 0 Å². The average molecular weight is 463 g/mol. The Kier molecular flexibility index (Phi) is 8.06. The van der Waals surface area contributed by atoms with Crippen molar-refractivity contribution in [1.82, 2.24) is 4.57 Å². The van der Waals surface area contributed by atoms with E-state index in [1.165, 1.54) is 0 Å². The van der Waals surface area contributed by atoms with Crippen LogP contribution in [0.15, 0.2) is 46.3 Å². The maximum absolute atomic E-state index is 12.1. The molecule has 0 unspecified atom stereocenters. The molecule has 0 amide bonds. The molecule has 0 saturated carbocycles. The van der Waals surface area contributed by atoms with E-state index in [1.54, 1.807) is 42.1 Å². The zero-order valence-corrected chi connectivity index (χ0v) is 16.5. The van der Waals surface area contributed by atoms with E-state index in [4.69, 9.17) is 22.1 Å². The van der Waals surface area contributed by atoms with Crippen LogP contribution in [0.1, 0.15) is 12.5 Å². The first-order valence-corrected chi connectivity index (χ1v) is 7.51. The fraction of sp³-hybridized carbons (Fsp3) is 0.250. The van der Waals surface area contributed by atoms with E-state index in [9.17, 15) is 4.79 Å². The van der Waals surface area contributed by atoms with Gasteiger partial charge >= 0.3 is 0 Å². The molecule has 2 rings (SSSR count). The van der Waals surface area contributed by atoms with Gasteiger partial charge < -0.3 is 20.4 Å². The van der Waals surface area contributed by atoms with Gasteiger partial charge in [0.25, 0.3) is 5.56 Å². The molecule has 0 atom stereocenters. The van der Waals surface area contributed by atoms with Crippen molar-refractivity contribution in [1.29, 1.82) is 0 Å². The largest absolute Gasteiger partial charge is 0.495 e. The van der Waals surface area contributed by atoms with E-state index < -0.39 is 0 Å². The van der Waals surface area contributed by atoms with Crippen LogP contribution in [-0.2, 0) is 13.1 Å². The van der Waals surface area contributed by atoms with Crippen molar-refractivity contribution in [2.24, 2.45) is 10.7 Å². The number of aryl methyl sites for hydroxylation is 1. The number of hydrogen-bond acceptors (Lipinski definition) is 3. The quantitative estimate of drug-likeness (QED) is 0.406. The highest BCUT2D eigenvalue weighted by atomic mass is 127. The average Bonchev–Trinajstić information content (AvgIpc) is 2.54. The third-order valence-corrected chi connectivity index (χ3v) is 3.58. The normalized spacial score (nSPS) is 10.9. The number of hydrogen-bond donors (Lipinski definition) is 2. The van der Waals surface area contributed by atoms with Gasteiger partial charge in [-0.1, -0.05) is 17.7 Å². The number of ether oxygens (including phenoxy) is 1. The Bertz CT molecular complexity index is 777. The van der Waals surface area contributed by atoms with Gasteiger partial charge in [-0.05, 0) is 31.2 Å². The zero-order valence-electron chi connectivity index (χ0n) is 13.5. The van der Waals surface area contributed by atoms with E-state index in [0.717, 1.165) is 0 Å². The second kappa shape index (κ2) is 9.53. The molecule has 0 fully saturated rings. The van der Waals surface area contributed by atoms with Crippen LogP contribution in [-0.4, -0.2) is 17.6 Å². The van der Waals surface area contributed by atoms with Crippen LogP contribution in [0.3, 0.4) is 0 Å². The third kappa shape index (κ3) is 5.13. The number of methoxy groups -OCH3 is 1. The summed E-state index contributed by atoms with van der Waals surface area (Å²) < 4.78 is 6.71. The van der Waals surface area contributed by atoms with Gasteiger partial charge in [-0.2, -0.15) is 0 Å². The maximum Gasteiger partial charge on any atom is 0.255 e. The second-order valence-electron chi connectivity index (χ2n) is 4.80. The van der Waals surface area contributed by atoms with Crippen LogP contribution in [0, 0.1) is 0 Å². The van der Waals surface area contributed by atoms with Crippen LogP contribution in [0.2, 0.25) is 5.02 Å². The maximum atomic E-state index is 12.1. The Hall–Kier alpha value is -1.74. The summed E-state index contributed by atoms with van der Waals surface area (Å²) in [7, 11) is 1.55. The summed E-state index contributed by atoms with van der Waals surface area (Å²) in [6.45, 7) is 2.74. The van der Waals surface area contributed by atoms with Crippen molar-refractivity contribution < 1.29 is 4.74 Å². The molecule has 8 heteroatoms. The molecule has 130 valence electrons. The molecule has 24 heavy (non-hydrogen) atoms. The molecule has 1 aromatic carbocycles. The molecule has 0 radical (unpaired) electrons. The van der Waals surface area contributed by atoms with Gasteiger partial charge in [0.05, 0.1) is 18.7 Å². The number of nitrogens with zero attached hydrogens (tertiary/aromatic N) is 2. The minimum atomic E-state index is -0.0564. The summed E-state index contributed by atoms with van der Waals surface area (Å²) in [6, 6.07) is 8.77. The molecular formula is C16H20ClIN4O2. The lowest BCUT2D eigenvalue weighted by atomic mass is 10.3. The Labute approximate surface area is 162 Å². The lowest BCUT2D eigenvalue weighted by Gasteiger charge is -2.08. The molecule has 3 N–H and O–H groups in total. The van der Waals surface area contributed by atoms with Gasteiger partial charge in [0.1, 0.15) is 5.75 Å². The first kappa shape index (κ1) is 20.3. The fourth-order valence-electron chi connectivity index (χ4n) is 2.06. The molecule has 1 aromatic heterocycles. The summed E-state index contributed by atoms with van der Waals surface area (Å²) in [6.07, 6.45) is 1.75.